The summed E-state index contributed by atoms with van der Waals surface area (Å²) in [5, 5.41) is 12.9. The molecule has 0 spiro atoms. The monoisotopic (exact) mass is 365 g/mol. The zero-order chi connectivity index (χ0) is 19.6. The van der Waals surface area contributed by atoms with E-state index >= 15 is 0 Å². The summed E-state index contributed by atoms with van der Waals surface area (Å²) in [7, 11) is -1.13. The molecule has 1 radical (unpaired) electrons. The van der Waals surface area contributed by atoms with Crippen LogP contribution in [-0.4, -0.2) is 20.5 Å². The Kier molecular flexibility index (Phi) is 6.65. The predicted molar refractivity (Wildman–Crippen MR) is 117 cm³/mol. The van der Waals surface area contributed by atoms with Gasteiger partial charge in [-0.25, -0.2) is 0 Å². The molecule has 2 aromatic rings. The van der Waals surface area contributed by atoms with Gasteiger partial charge in [-0.3, -0.25) is 0 Å². The lowest BCUT2D eigenvalue weighted by Crippen LogP contribution is -2.52. The highest BCUT2D eigenvalue weighted by atomic mass is 28.3. The molecule has 0 saturated carbocycles. The maximum Gasteiger partial charge on any atom is 0.130 e. The highest BCUT2D eigenvalue weighted by Gasteiger charge is 2.33. The molecule has 0 unspecified atom stereocenters. The van der Waals surface area contributed by atoms with Crippen LogP contribution in [0.15, 0.2) is 36.9 Å². The highest BCUT2D eigenvalue weighted by Crippen LogP contribution is 2.26. The van der Waals surface area contributed by atoms with Crippen molar-refractivity contribution in [2.24, 2.45) is 5.92 Å². The molecule has 0 amide bonds. The van der Waals surface area contributed by atoms with Crippen molar-refractivity contribution in [1.82, 2.24) is 0 Å². The molecular formula is C24H33OSi. The van der Waals surface area contributed by atoms with Crippen LogP contribution in [0, 0.1) is 47.5 Å². The first kappa shape index (κ1) is 20.7. The average Bonchev–Trinajstić information content (AvgIpc) is 2.52. The van der Waals surface area contributed by atoms with Crippen LogP contribution in [0.4, 0.5) is 0 Å². The smallest absolute Gasteiger partial charge is 0.130 e. The second-order valence-corrected chi connectivity index (χ2v) is 10.4. The lowest BCUT2D eigenvalue weighted by atomic mass is 10.1. The van der Waals surface area contributed by atoms with E-state index in [0.717, 1.165) is 0 Å². The summed E-state index contributed by atoms with van der Waals surface area (Å²) in [6, 6.07) is 9.20. The number of rotatable bonds is 6. The number of aliphatic hydroxyl groups is 1. The Morgan fingerprint density at radius 2 is 1.19 bits per heavy atom. The van der Waals surface area contributed by atoms with E-state index in [4.69, 9.17) is 0 Å². The zero-order valence-corrected chi connectivity index (χ0v) is 18.4. The molecule has 1 N–H and O–H groups in total. The topological polar surface area (TPSA) is 20.2 Å². The van der Waals surface area contributed by atoms with Gasteiger partial charge in [0.15, 0.2) is 0 Å². The van der Waals surface area contributed by atoms with E-state index in [-0.39, 0.29) is 18.1 Å². The third kappa shape index (κ3) is 4.02. The molecule has 2 heteroatoms. The molecule has 26 heavy (non-hydrogen) atoms. The molecule has 0 aromatic heterocycles. The lowest BCUT2D eigenvalue weighted by molar-refractivity contribution is 0.238. The molecule has 0 bridgehead atoms. The molecule has 2 aromatic carbocycles. The average molecular weight is 366 g/mol. The summed E-state index contributed by atoms with van der Waals surface area (Å²) in [4.78, 5) is 0. The third-order valence-electron chi connectivity index (χ3n) is 5.38. The van der Waals surface area contributed by atoms with Crippen LogP contribution in [0.5, 0.6) is 0 Å². The summed E-state index contributed by atoms with van der Waals surface area (Å²) >= 11 is 0. The van der Waals surface area contributed by atoms with Gasteiger partial charge in [-0.15, -0.1) is 6.58 Å². The van der Waals surface area contributed by atoms with E-state index in [9.17, 15) is 5.11 Å². The van der Waals surface area contributed by atoms with Crippen LogP contribution < -0.4 is 10.4 Å². The minimum atomic E-state index is -1.13. The number of benzene rings is 2. The summed E-state index contributed by atoms with van der Waals surface area (Å²) in [5.41, 5.74) is 8.38. The van der Waals surface area contributed by atoms with Crippen molar-refractivity contribution >= 4 is 19.2 Å². The molecule has 139 valence electrons. The van der Waals surface area contributed by atoms with Gasteiger partial charge in [0.05, 0.1) is 0 Å². The predicted octanol–water partition coefficient (Wildman–Crippen LogP) is 4.33. The largest absolute Gasteiger partial charge is 0.396 e. The van der Waals surface area contributed by atoms with Crippen LogP contribution in [0.1, 0.15) is 40.3 Å². The van der Waals surface area contributed by atoms with Gasteiger partial charge >= 0.3 is 0 Å². The third-order valence-corrected chi connectivity index (χ3v) is 9.51. The standard InChI is InChI=1S/C24H33OSi/c1-9-22(21(8)14-25)26(23-17(4)10-15(2)11-18(23)5)24-19(6)12-16(3)13-20(24)7/h9-13,21-22,25H,1,14H2,2-8H3/t21-,22+/m1/s1. The van der Waals surface area contributed by atoms with E-state index in [1.165, 1.54) is 43.8 Å². The molecule has 2 atom stereocenters. The first-order valence-electron chi connectivity index (χ1n) is 9.47. The summed E-state index contributed by atoms with van der Waals surface area (Å²) in [6.45, 7) is 19.8. The van der Waals surface area contributed by atoms with Gasteiger partial charge in [0.1, 0.15) is 8.80 Å². The molecule has 0 fully saturated rings. The Morgan fingerprint density at radius 1 is 0.846 bits per heavy atom. The van der Waals surface area contributed by atoms with Crippen molar-refractivity contribution < 1.29 is 5.11 Å². The van der Waals surface area contributed by atoms with Crippen molar-refractivity contribution in [1.29, 1.82) is 0 Å². The summed E-state index contributed by atoms with van der Waals surface area (Å²) < 4.78 is 0. The molecule has 0 aliphatic carbocycles. The van der Waals surface area contributed by atoms with E-state index in [2.05, 4.69) is 85.4 Å². The Balaban J connectivity index is 2.83. The van der Waals surface area contributed by atoms with Crippen molar-refractivity contribution in [2.75, 3.05) is 6.61 Å². The normalized spacial score (nSPS) is 13.7. The van der Waals surface area contributed by atoms with Crippen molar-refractivity contribution in [2.45, 2.75) is 54.0 Å². The maximum absolute atomic E-state index is 9.91. The molecule has 0 saturated heterocycles. The van der Waals surface area contributed by atoms with E-state index in [0.29, 0.717) is 0 Å². The fraction of sp³-hybridized carbons (Fsp3) is 0.417. The van der Waals surface area contributed by atoms with Gasteiger partial charge in [-0.2, -0.15) is 0 Å². The zero-order valence-electron chi connectivity index (χ0n) is 17.4. The van der Waals surface area contributed by atoms with Crippen molar-refractivity contribution in [3.05, 3.63) is 70.3 Å². The van der Waals surface area contributed by atoms with Crippen LogP contribution in [-0.2, 0) is 0 Å². The van der Waals surface area contributed by atoms with Gasteiger partial charge in [-0.05, 0) is 63.4 Å². The molecule has 0 aliphatic heterocycles. The van der Waals surface area contributed by atoms with Gasteiger partial charge in [0.2, 0.25) is 0 Å². The first-order valence-corrected chi connectivity index (χ1v) is 11.1. The second kappa shape index (κ2) is 8.37. The van der Waals surface area contributed by atoms with E-state index in [1.807, 2.05) is 0 Å². The molecular weight excluding hydrogens is 332 g/mol. The number of allylic oxidation sites excluding steroid dienone is 1. The second-order valence-electron chi connectivity index (χ2n) is 7.88. The Morgan fingerprint density at radius 3 is 1.46 bits per heavy atom. The number of aryl methyl sites for hydroxylation is 6. The minimum absolute atomic E-state index is 0.193. The SMILES string of the molecule is C=C[C@@H]([C@H](C)CO)[Si](c1c(C)cc(C)cc1C)c1c(C)cc(C)cc1C. The van der Waals surface area contributed by atoms with Crippen molar-refractivity contribution in [3.63, 3.8) is 0 Å². The van der Waals surface area contributed by atoms with Gasteiger partial charge in [0.25, 0.3) is 0 Å². The number of hydrogen-bond donors (Lipinski definition) is 1. The van der Waals surface area contributed by atoms with Crippen LogP contribution in [0.3, 0.4) is 0 Å². The molecule has 1 nitrogen and oxygen atoms in total. The maximum atomic E-state index is 9.91. The molecule has 0 heterocycles. The quantitative estimate of drug-likeness (QED) is 0.597. The summed E-state index contributed by atoms with van der Waals surface area (Å²) in [6.07, 6.45) is 2.09. The van der Waals surface area contributed by atoms with Crippen LogP contribution >= 0.6 is 0 Å². The van der Waals surface area contributed by atoms with Gasteiger partial charge in [-0.1, -0.05) is 70.6 Å². The van der Waals surface area contributed by atoms with Crippen LogP contribution in [0.2, 0.25) is 5.54 Å². The fourth-order valence-electron chi connectivity index (χ4n) is 4.42. The Hall–Kier alpha value is -1.64. The van der Waals surface area contributed by atoms with Gasteiger partial charge in [0, 0.05) is 6.61 Å². The Bertz CT molecular complexity index is 702. The van der Waals surface area contributed by atoms with Crippen LogP contribution in [0.25, 0.3) is 0 Å². The summed E-state index contributed by atoms with van der Waals surface area (Å²) in [5.74, 6) is 0.196. The highest BCUT2D eigenvalue weighted by molar-refractivity contribution is 6.88. The first-order chi connectivity index (χ1) is 12.2. The number of aliphatic hydroxyl groups excluding tert-OH is 1. The van der Waals surface area contributed by atoms with Crippen molar-refractivity contribution in [3.8, 4) is 0 Å². The number of hydrogen-bond acceptors (Lipinski definition) is 1. The van der Waals surface area contributed by atoms with E-state index in [1.54, 1.807) is 0 Å². The fourth-order valence-corrected chi connectivity index (χ4v) is 8.23. The molecule has 2 rings (SSSR count). The lowest BCUT2D eigenvalue weighted by Gasteiger charge is -2.32. The van der Waals surface area contributed by atoms with Gasteiger partial charge < -0.3 is 5.11 Å². The Labute approximate surface area is 161 Å². The minimum Gasteiger partial charge on any atom is -0.396 e. The molecule has 0 aliphatic rings. The van der Waals surface area contributed by atoms with E-state index < -0.39 is 8.80 Å².